The van der Waals surface area contributed by atoms with Gasteiger partial charge in [-0.1, -0.05) is 206 Å². The van der Waals surface area contributed by atoms with Crippen molar-refractivity contribution in [2.75, 3.05) is 4.90 Å². The Morgan fingerprint density at radius 2 is 0.532 bits per heavy atom. The van der Waals surface area contributed by atoms with Crippen LogP contribution in [-0.2, 0) is 0 Å². The first-order valence-corrected chi connectivity index (χ1v) is 22.0. The average molecular weight is 808 g/mol. The molecule has 11 rings (SSSR count). The van der Waals surface area contributed by atoms with Crippen LogP contribution in [-0.4, -0.2) is 0 Å². The molecule has 0 fully saturated rings. The maximum Gasteiger partial charge on any atom is 0.0462 e. The molecule has 1 nitrogen and oxygen atoms in total. The van der Waals surface area contributed by atoms with Crippen molar-refractivity contribution in [3.63, 3.8) is 0 Å². The van der Waals surface area contributed by atoms with Gasteiger partial charge >= 0.3 is 0 Å². The van der Waals surface area contributed by atoms with E-state index in [2.05, 4.69) is 254 Å². The summed E-state index contributed by atoms with van der Waals surface area (Å²) in [6, 6.07) is 90.0. The number of anilines is 3. The second-order valence-electron chi connectivity index (χ2n) is 15.7. The molecule has 1 aromatic heterocycles. The third-order valence-electron chi connectivity index (χ3n) is 11.9. The molecule has 2 heteroatoms. The maximum absolute atomic E-state index is 2.34. The van der Waals surface area contributed by atoms with Crippen LogP contribution < -0.4 is 4.90 Å². The standard InChI is InChI=1S/C60H41NS/c1-4-13-42(14-5-1)45-29-35-52(36-30-45)61(53-37-31-46(32-38-53)43-15-6-2-7-16-43)54-39-33-47(34-40-54)44-25-27-48(28-26-44)50-19-10-20-51(41-50)56-22-12-24-58-57-23-11-21-55(59(57)62-60(56)58)49-17-8-3-9-18-49/h1-41H. The van der Waals surface area contributed by atoms with Crippen LogP contribution in [0.5, 0.6) is 0 Å². The Kier molecular flexibility index (Phi) is 9.82. The van der Waals surface area contributed by atoms with Gasteiger partial charge in [-0.2, -0.15) is 0 Å². The van der Waals surface area contributed by atoms with Crippen molar-refractivity contribution in [2.24, 2.45) is 0 Å². The van der Waals surface area contributed by atoms with Gasteiger partial charge in [-0.05, 0) is 109 Å². The number of thiophene rings is 1. The summed E-state index contributed by atoms with van der Waals surface area (Å²) in [6.45, 7) is 0. The Hall–Kier alpha value is -7.78. The molecule has 62 heavy (non-hydrogen) atoms. The fourth-order valence-corrected chi connectivity index (χ4v) is 10.1. The van der Waals surface area contributed by atoms with Gasteiger partial charge in [0.05, 0.1) is 0 Å². The van der Waals surface area contributed by atoms with Crippen LogP contribution in [0.1, 0.15) is 0 Å². The topological polar surface area (TPSA) is 3.24 Å². The van der Waals surface area contributed by atoms with Crippen molar-refractivity contribution >= 4 is 48.6 Å². The molecule has 10 aromatic carbocycles. The van der Waals surface area contributed by atoms with Crippen LogP contribution in [0.25, 0.3) is 86.9 Å². The molecule has 0 radical (unpaired) electrons. The van der Waals surface area contributed by atoms with Gasteiger partial charge in [-0.15, -0.1) is 11.3 Å². The van der Waals surface area contributed by atoms with E-state index in [1.54, 1.807) is 0 Å². The van der Waals surface area contributed by atoms with E-state index in [-0.39, 0.29) is 0 Å². The summed E-state index contributed by atoms with van der Waals surface area (Å²) >= 11 is 1.90. The molecule has 0 atom stereocenters. The lowest BCUT2D eigenvalue weighted by Gasteiger charge is -2.26. The minimum atomic E-state index is 1.10. The van der Waals surface area contributed by atoms with Gasteiger partial charge in [0.15, 0.2) is 0 Å². The van der Waals surface area contributed by atoms with Gasteiger partial charge < -0.3 is 4.90 Å². The number of benzene rings is 10. The van der Waals surface area contributed by atoms with Gasteiger partial charge in [0.2, 0.25) is 0 Å². The van der Waals surface area contributed by atoms with Gasteiger partial charge in [-0.3, -0.25) is 0 Å². The lowest BCUT2D eigenvalue weighted by atomic mass is 9.96. The summed E-state index contributed by atoms with van der Waals surface area (Å²) in [4.78, 5) is 2.34. The first kappa shape index (κ1) is 37.2. The second kappa shape index (κ2) is 16.3. The first-order chi connectivity index (χ1) is 30.7. The van der Waals surface area contributed by atoms with Crippen LogP contribution >= 0.6 is 11.3 Å². The monoisotopic (exact) mass is 807 g/mol. The predicted molar refractivity (Wildman–Crippen MR) is 267 cm³/mol. The highest BCUT2D eigenvalue weighted by molar-refractivity contribution is 7.26. The summed E-state index contributed by atoms with van der Waals surface area (Å²) in [5.41, 5.74) is 18.0. The highest BCUT2D eigenvalue weighted by Crippen LogP contribution is 2.44. The van der Waals surface area contributed by atoms with E-state index in [4.69, 9.17) is 0 Å². The zero-order valence-corrected chi connectivity index (χ0v) is 34.8. The predicted octanol–water partition coefficient (Wildman–Crippen LogP) is 17.5. The third-order valence-corrected chi connectivity index (χ3v) is 13.2. The van der Waals surface area contributed by atoms with E-state index >= 15 is 0 Å². The fourth-order valence-electron chi connectivity index (χ4n) is 8.73. The summed E-state index contributed by atoms with van der Waals surface area (Å²) in [7, 11) is 0. The Bertz CT molecular complexity index is 3200. The lowest BCUT2D eigenvalue weighted by Crippen LogP contribution is -2.09. The molecule has 0 aliphatic rings. The Labute approximate surface area is 367 Å². The number of fused-ring (bicyclic) bond motifs is 3. The van der Waals surface area contributed by atoms with E-state index in [0.29, 0.717) is 0 Å². The molecule has 11 aromatic rings. The second-order valence-corrected chi connectivity index (χ2v) is 16.7. The molecule has 0 unspecified atom stereocenters. The van der Waals surface area contributed by atoms with Crippen molar-refractivity contribution in [3.8, 4) is 66.8 Å². The fraction of sp³-hybridized carbons (Fsp3) is 0. The van der Waals surface area contributed by atoms with Crippen molar-refractivity contribution < 1.29 is 0 Å². The minimum Gasteiger partial charge on any atom is -0.311 e. The summed E-state index contributed by atoms with van der Waals surface area (Å²) in [6.07, 6.45) is 0. The summed E-state index contributed by atoms with van der Waals surface area (Å²) in [5, 5.41) is 2.63. The smallest absolute Gasteiger partial charge is 0.0462 e. The van der Waals surface area contributed by atoms with Gasteiger partial charge in [0.1, 0.15) is 0 Å². The molecule has 0 aliphatic carbocycles. The Morgan fingerprint density at radius 1 is 0.226 bits per heavy atom. The van der Waals surface area contributed by atoms with Crippen molar-refractivity contribution in [2.45, 2.75) is 0 Å². The van der Waals surface area contributed by atoms with E-state index < -0.39 is 0 Å². The zero-order chi connectivity index (χ0) is 41.2. The van der Waals surface area contributed by atoms with E-state index in [1.807, 2.05) is 11.3 Å². The highest BCUT2D eigenvalue weighted by atomic mass is 32.1. The number of nitrogens with zero attached hydrogens (tertiary/aromatic N) is 1. The van der Waals surface area contributed by atoms with Crippen molar-refractivity contribution in [3.05, 3.63) is 249 Å². The maximum atomic E-state index is 2.34. The molecule has 292 valence electrons. The van der Waals surface area contributed by atoms with E-state index in [0.717, 1.165) is 17.1 Å². The molecule has 0 bridgehead atoms. The number of rotatable bonds is 9. The third kappa shape index (κ3) is 7.17. The lowest BCUT2D eigenvalue weighted by molar-refractivity contribution is 1.28. The largest absolute Gasteiger partial charge is 0.311 e. The molecular weight excluding hydrogens is 767 g/mol. The SMILES string of the molecule is c1ccc(-c2ccc(N(c3ccc(-c4ccccc4)cc3)c3ccc(-c4ccc(-c5cccc(-c6cccc7c6sc6c(-c8ccccc8)cccc67)c5)cc4)cc3)cc2)cc1. The average Bonchev–Trinajstić information content (AvgIpc) is 3.75. The van der Waals surface area contributed by atoms with Crippen LogP contribution in [0, 0.1) is 0 Å². The highest BCUT2D eigenvalue weighted by Gasteiger charge is 2.16. The summed E-state index contributed by atoms with van der Waals surface area (Å²) in [5.74, 6) is 0. The van der Waals surface area contributed by atoms with Gasteiger partial charge in [-0.25, -0.2) is 0 Å². The van der Waals surface area contributed by atoms with Crippen molar-refractivity contribution in [1.29, 1.82) is 0 Å². The molecule has 0 amide bonds. The van der Waals surface area contributed by atoms with Crippen molar-refractivity contribution in [1.82, 2.24) is 0 Å². The van der Waals surface area contributed by atoms with Crippen LogP contribution in [0.3, 0.4) is 0 Å². The molecule has 0 saturated heterocycles. The van der Waals surface area contributed by atoms with Crippen LogP contribution in [0.2, 0.25) is 0 Å². The molecule has 1 heterocycles. The normalized spacial score (nSPS) is 11.2. The minimum absolute atomic E-state index is 1.10. The van der Waals surface area contributed by atoms with Crippen LogP contribution in [0.4, 0.5) is 17.1 Å². The van der Waals surface area contributed by atoms with E-state index in [9.17, 15) is 0 Å². The van der Waals surface area contributed by atoms with Crippen LogP contribution in [0.15, 0.2) is 249 Å². The molecule has 0 N–H and O–H groups in total. The molecular formula is C60H41NS. The van der Waals surface area contributed by atoms with Gasteiger partial charge in [0.25, 0.3) is 0 Å². The van der Waals surface area contributed by atoms with Gasteiger partial charge in [0, 0.05) is 37.2 Å². The molecule has 0 spiro atoms. The Morgan fingerprint density at radius 3 is 0.968 bits per heavy atom. The number of hydrogen-bond donors (Lipinski definition) is 0. The first-order valence-electron chi connectivity index (χ1n) is 21.2. The van der Waals surface area contributed by atoms with E-state index in [1.165, 1.54) is 86.9 Å². The molecule has 0 saturated carbocycles. The quantitative estimate of drug-likeness (QED) is 0.140. The number of hydrogen-bond acceptors (Lipinski definition) is 2. The molecule has 0 aliphatic heterocycles. The summed E-state index contributed by atoms with van der Waals surface area (Å²) < 4.78 is 2.66. The Balaban J connectivity index is 0.883. The zero-order valence-electron chi connectivity index (χ0n) is 34.0.